The molecule has 9 nitrogen and oxygen atoms in total. The molecule has 0 saturated carbocycles. The van der Waals surface area contributed by atoms with Crippen molar-refractivity contribution in [3.05, 3.63) is 48.7 Å². The van der Waals surface area contributed by atoms with Crippen LogP contribution in [0.1, 0.15) is 6.42 Å². The van der Waals surface area contributed by atoms with Crippen molar-refractivity contribution in [1.29, 1.82) is 0 Å². The Hall–Kier alpha value is -3.17. The van der Waals surface area contributed by atoms with E-state index >= 15 is 0 Å². The molecular weight excluding hydrogens is 386 g/mol. The molecule has 0 bridgehead atoms. The van der Waals surface area contributed by atoms with Crippen LogP contribution in [0.5, 0.6) is 5.75 Å². The lowest BCUT2D eigenvalue weighted by Crippen LogP contribution is -2.56. The van der Waals surface area contributed by atoms with E-state index < -0.39 is 11.7 Å². The first-order valence-corrected chi connectivity index (χ1v) is 9.94. The molecule has 1 unspecified atom stereocenters. The number of nitrogens with zero attached hydrogens (tertiary/aromatic N) is 3. The van der Waals surface area contributed by atoms with Gasteiger partial charge < -0.3 is 30.1 Å². The number of carboxylic acids is 1. The minimum Gasteiger partial charge on any atom is -0.491 e. The highest BCUT2D eigenvalue weighted by Crippen LogP contribution is 2.21. The molecule has 0 amide bonds. The first-order valence-electron chi connectivity index (χ1n) is 9.94. The number of fused-ring (bicyclic) bond motifs is 1. The summed E-state index contributed by atoms with van der Waals surface area (Å²) in [5.74, 6) is 0.500. The summed E-state index contributed by atoms with van der Waals surface area (Å²) < 4.78 is 11.7. The Morgan fingerprint density at radius 2 is 2.07 bits per heavy atom. The molecule has 0 radical (unpaired) electrons. The third-order valence-electron chi connectivity index (χ3n) is 5.01. The van der Waals surface area contributed by atoms with Crippen LogP contribution in [0.2, 0.25) is 0 Å². The molecule has 1 atom stereocenters. The number of aliphatic imine (C=N–C) groups is 1. The number of benzene rings is 1. The molecule has 1 aromatic heterocycles. The smallest absolute Gasteiger partial charge is 0.308 e. The third kappa shape index (κ3) is 4.87. The lowest BCUT2D eigenvalue weighted by atomic mass is 10.1. The van der Waals surface area contributed by atoms with Gasteiger partial charge in [0.1, 0.15) is 18.2 Å². The van der Waals surface area contributed by atoms with Crippen LogP contribution < -0.4 is 15.4 Å². The topological polar surface area (TPSA) is 108 Å². The Balaban J connectivity index is 1.36. The zero-order valence-corrected chi connectivity index (χ0v) is 16.6. The van der Waals surface area contributed by atoms with Crippen molar-refractivity contribution in [1.82, 2.24) is 20.5 Å². The average Bonchev–Trinajstić information content (AvgIpc) is 2.77. The number of hydrogen-bond donors (Lipinski definition) is 3. The number of piperazine rings is 1. The van der Waals surface area contributed by atoms with Crippen LogP contribution in [0.15, 0.2) is 53.7 Å². The minimum atomic E-state index is -1.21. The van der Waals surface area contributed by atoms with Gasteiger partial charge in [0.15, 0.2) is 5.72 Å². The molecule has 1 saturated heterocycles. The molecule has 2 aliphatic rings. The van der Waals surface area contributed by atoms with Crippen LogP contribution in [-0.2, 0) is 9.53 Å². The van der Waals surface area contributed by atoms with E-state index in [1.165, 1.54) is 6.21 Å². The van der Waals surface area contributed by atoms with Crippen molar-refractivity contribution < 1.29 is 19.4 Å². The van der Waals surface area contributed by atoms with Crippen molar-refractivity contribution in [3.8, 4) is 5.75 Å². The quantitative estimate of drug-likeness (QED) is 0.556. The summed E-state index contributed by atoms with van der Waals surface area (Å²) in [6.07, 6.45) is 6.50. The van der Waals surface area contributed by atoms with E-state index in [2.05, 4.69) is 25.5 Å². The molecule has 1 fully saturated rings. The number of pyridine rings is 1. The van der Waals surface area contributed by atoms with Crippen molar-refractivity contribution in [3.63, 3.8) is 0 Å². The number of hydrogen-bond acceptors (Lipinski definition) is 8. The number of rotatable bonds is 8. The minimum absolute atomic E-state index is 0.201. The molecule has 1 aromatic carbocycles. The van der Waals surface area contributed by atoms with Crippen LogP contribution >= 0.6 is 0 Å². The van der Waals surface area contributed by atoms with E-state index in [9.17, 15) is 9.90 Å². The van der Waals surface area contributed by atoms with Gasteiger partial charge in [0.05, 0.1) is 25.4 Å². The van der Waals surface area contributed by atoms with Gasteiger partial charge in [-0.25, -0.2) is 0 Å². The number of nitrogens with one attached hydrogen (secondary N) is 2. The maximum Gasteiger partial charge on any atom is 0.308 e. The number of carbonyl (C=O) groups is 1. The molecule has 4 rings (SSSR count). The molecule has 0 aliphatic carbocycles. The van der Waals surface area contributed by atoms with Gasteiger partial charge >= 0.3 is 5.97 Å². The van der Waals surface area contributed by atoms with Crippen molar-refractivity contribution >= 4 is 23.0 Å². The maximum atomic E-state index is 11.5. The van der Waals surface area contributed by atoms with Gasteiger partial charge in [-0.3, -0.25) is 14.8 Å². The Morgan fingerprint density at radius 1 is 1.20 bits per heavy atom. The molecular formula is C21H25N5O4. The van der Waals surface area contributed by atoms with Crippen LogP contribution in [0.4, 0.5) is 0 Å². The van der Waals surface area contributed by atoms with Crippen LogP contribution in [0.25, 0.3) is 10.8 Å². The van der Waals surface area contributed by atoms with E-state index in [4.69, 9.17) is 9.47 Å². The predicted octanol–water partition coefficient (Wildman–Crippen LogP) is 1.18. The van der Waals surface area contributed by atoms with E-state index in [-0.39, 0.29) is 19.6 Å². The van der Waals surface area contributed by atoms with Crippen molar-refractivity contribution in [2.75, 3.05) is 39.4 Å². The zero-order chi connectivity index (χ0) is 20.8. The summed E-state index contributed by atoms with van der Waals surface area (Å²) in [6, 6.07) is 7.72. The normalized spacial score (nSPS) is 21.2. The molecule has 0 spiro atoms. The highest BCUT2D eigenvalue weighted by molar-refractivity contribution is 5.82. The highest BCUT2D eigenvalue weighted by Gasteiger charge is 2.36. The summed E-state index contributed by atoms with van der Waals surface area (Å²) in [5, 5.41) is 18.0. The van der Waals surface area contributed by atoms with E-state index in [0.29, 0.717) is 5.75 Å². The number of ether oxygens (including phenoxy) is 2. The standard InChI is InChI=1S/C21H25N5O4/c27-20(28)12-21(15-24-14-19(25-21)26-7-5-22-6-8-26)30-10-9-29-18-2-1-16-3-4-23-13-17(16)11-18/h1-4,11,13-15,22,25H,5-10,12H2,(H,27,28). The van der Waals surface area contributed by atoms with Crippen LogP contribution in [0, 0.1) is 0 Å². The van der Waals surface area contributed by atoms with Gasteiger partial charge in [0.25, 0.3) is 0 Å². The fraction of sp³-hybridized carbons (Fsp3) is 0.381. The second-order valence-electron chi connectivity index (χ2n) is 7.20. The second kappa shape index (κ2) is 9.10. The summed E-state index contributed by atoms with van der Waals surface area (Å²) >= 11 is 0. The average molecular weight is 411 g/mol. The van der Waals surface area contributed by atoms with E-state index in [1.807, 2.05) is 24.3 Å². The lowest BCUT2D eigenvalue weighted by Gasteiger charge is -2.39. The van der Waals surface area contributed by atoms with Gasteiger partial charge in [-0.1, -0.05) is 6.07 Å². The van der Waals surface area contributed by atoms with Crippen LogP contribution in [0.3, 0.4) is 0 Å². The van der Waals surface area contributed by atoms with Gasteiger partial charge in [0.2, 0.25) is 0 Å². The van der Waals surface area contributed by atoms with E-state index in [0.717, 1.165) is 42.8 Å². The molecule has 30 heavy (non-hydrogen) atoms. The molecule has 158 valence electrons. The van der Waals surface area contributed by atoms with Crippen LogP contribution in [-0.4, -0.2) is 72.3 Å². The number of aromatic nitrogens is 1. The first-order chi connectivity index (χ1) is 14.6. The lowest BCUT2D eigenvalue weighted by molar-refractivity contribution is -0.143. The summed E-state index contributed by atoms with van der Waals surface area (Å²) in [7, 11) is 0. The fourth-order valence-corrected chi connectivity index (χ4v) is 3.55. The molecule has 2 aliphatic heterocycles. The summed E-state index contributed by atoms with van der Waals surface area (Å²) in [6.45, 7) is 3.84. The largest absolute Gasteiger partial charge is 0.491 e. The third-order valence-corrected chi connectivity index (χ3v) is 5.01. The SMILES string of the molecule is O=C(O)CC1(OCCOc2ccc3ccncc3c2)C=NC=C(N2CCNCC2)N1. The number of carboxylic acid groups (broad SMARTS) is 1. The Kier molecular flexibility index (Phi) is 6.10. The van der Waals surface area contributed by atoms with Crippen molar-refractivity contribution in [2.45, 2.75) is 12.1 Å². The first kappa shape index (κ1) is 20.1. The van der Waals surface area contributed by atoms with Crippen molar-refractivity contribution in [2.24, 2.45) is 4.99 Å². The van der Waals surface area contributed by atoms with Gasteiger partial charge in [-0.15, -0.1) is 0 Å². The zero-order valence-electron chi connectivity index (χ0n) is 16.6. The molecule has 3 N–H and O–H groups in total. The van der Waals surface area contributed by atoms with Gasteiger partial charge in [0, 0.05) is 44.0 Å². The molecule has 9 heteroatoms. The van der Waals surface area contributed by atoms with E-state index in [1.54, 1.807) is 18.6 Å². The Labute approximate surface area is 174 Å². The molecule has 2 aromatic rings. The summed E-state index contributed by atoms with van der Waals surface area (Å²) in [5.41, 5.74) is -1.21. The maximum absolute atomic E-state index is 11.5. The fourth-order valence-electron chi connectivity index (χ4n) is 3.55. The van der Waals surface area contributed by atoms with Gasteiger partial charge in [-0.2, -0.15) is 0 Å². The summed E-state index contributed by atoms with van der Waals surface area (Å²) in [4.78, 5) is 22.0. The highest BCUT2D eigenvalue weighted by atomic mass is 16.5. The number of aliphatic carboxylic acids is 1. The monoisotopic (exact) mass is 411 g/mol. The van der Waals surface area contributed by atoms with Gasteiger partial charge in [-0.05, 0) is 23.6 Å². The second-order valence-corrected chi connectivity index (χ2v) is 7.20. The Bertz CT molecular complexity index is 957. The predicted molar refractivity (Wildman–Crippen MR) is 112 cm³/mol. The molecule has 3 heterocycles. The Morgan fingerprint density at radius 3 is 2.90 bits per heavy atom.